The lowest BCUT2D eigenvalue weighted by Gasteiger charge is -2.27. The molecule has 2 aliphatic carbocycles. The number of carboxylic acid groups (broad SMARTS) is 1. The molecule has 2 bridgehead atoms. The minimum absolute atomic E-state index is 0. The van der Waals surface area contributed by atoms with Gasteiger partial charge >= 0.3 is 5.97 Å². The Morgan fingerprint density at radius 3 is 2.46 bits per heavy atom. The number of hydrogen-bond donors (Lipinski definition) is 2. The summed E-state index contributed by atoms with van der Waals surface area (Å²) in [6, 6.07) is 0.237. The molecule has 4 atom stereocenters. The van der Waals surface area contributed by atoms with Crippen LogP contribution in [0.1, 0.15) is 19.3 Å². The van der Waals surface area contributed by atoms with Gasteiger partial charge < -0.3 is 10.4 Å². The molecule has 2 rings (SSSR count). The Morgan fingerprint density at radius 2 is 2.00 bits per heavy atom. The second kappa shape index (κ2) is 3.84. The highest BCUT2D eigenvalue weighted by Crippen LogP contribution is 2.48. The first kappa shape index (κ1) is 10.8. The molecular formula is C9H16ClNO2. The smallest absolute Gasteiger partial charge is 0.308 e. The van der Waals surface area contributed by atoms with E-state index in [1.54, 1.807) is 0 Å². The number of hydrogen-bond acceptors (Lipinski definition) is 2. The van der Waals surface area contributed by atoms with Crippen LogP contribution in [0.3, 0.4) is 0 Å². The van der Waals surface area contributed by atoms with Crippen molar-refractivity contribution in [3.05, 3.63) is 0 Å². The van der Waals surface area contributed by atoms with Crippen molar-refractivity contribution in [2.24, 2.45) is 17.8 Å². The Bertz CT molecular complexity index is 210. The molecule has 13 heavy (non-hydrogen) atoms. The largest absolute Gasteiger partial charge is 0.481 e. The minimum atomic E-state index is -0.610. The molecule has 2 fully saturated rings. The number of carbonyl (C=O) groups is 1. The van der Waals surface area contributed by atoms with Gasteiger partial charge in [-0.15, -0.1) is 12.4 Å². The van der Waals surface area contributed by atoms with Crippen molar-refractivity contribution in [1.82, 2.24) is 5.32 Å². The van der Waals surface area contributed by atoms with E-state index in [-0.39, 0.29) is 24.4 Å². The molecule has 0 saturated heterocycles. The highest BCUT2D eigenvalue weighted by molar-refractivity contribution is 5.85. The zero-order valence-electron chi connectivity index (χ0n) is 7.69. The Balaban J connectivity index is 0.000000845. The summed E-state index contributed by atoms with van der Waals surface area (Å²) >= 11 is 0. The van der Waals surface area contributed by atoms with Crippen molar-refractivity contribution in [2.45, 2.75) is 25.3 Å². The first-order valence-electron chi connectivity index (χ1n) is 4.64. The Hall–Kier alpha value is -0.280. The zero-order valence-corrected chi connectivity index (χ0v) is 8.51. The maximum absolute atomic E-state index is 10.9. The molecule has 3 nitrogen and oxygen atoms in total. The fraction of sp³-hybridized carbons (Fsp3) is 0.889. The molecule has 0 aromatic heterocycles. The fourth-order valence-corrected chi connectivity index (χ4v) is 3.06. The molecule has 2 N–H and O–H groups in total. The van der Waals surface area contributed by atoms with Gasteiger partial charge in [0.2, 0.25) is 0 Å². The number of fused-ring (bicyclic) bond motifs is 2. The SMILES string of the molecule is CN[C@@H]1[C@H]2CC[C@H](C2)[C@@H]1C(=O)O.Cl. The van der Waals surface area contributed by atoms with Gasteiger partial charge in [0.25, 0.3) is 0 Å². The van der Waals surface area contributed by atoms with E-state index in [1.807, 2.05) is 7.05 Å². The normalized spacial score (nSPS) is 41.6. The van der Waals surface area contributed by atoms with Crippen LogP contribution in [0, 0.1) is 17.8 Å². The van der Waals surface area contributed by atoms with E-state index in [0.717, 1.165) is 12.8 Å². The minimum Gasteiger partial charge on any atom is -0.481 e. The van der Waals surface area contributed by atoms with Gasteiger partial charge in [-0.3, -0.25) is 4.79 Å². The van der Waals surface area contributed by atoms with E-state index >= 15 is 0 Å². The van der Waals surface area contributed by atoms with Crippen molar-refractivity contribution >= 4 is 18.4 Å². The van der Waals surface area contributed by atoms with Gasteiger partial charge in [-0.2, -0.15) is 0 Å². The number of aliphatic carboxylic acids is 1. The van der Waals surface area contributed by atoms with Gasteiger partial charge in [0, 0.05) is 6.04 Å². The third kappa shape index (κ3) is 1.55. The van der Waals surface area contributed by atoms with Crippen LogP contribution in [0.25, 0.3) is 0 Å². The predicted octanol–water partition coefficient (Wildman–Crippen LogP) is 1.13. The van der Waals surface area contributed by atoms with Crippen molar-refractivity contribution in [1.29, 1.82) is 0 Å². The van der Waals surface area contributed by atoms with Crippen LogP contribution in [0.4, 0.5) is 0 Å². The van der Waals surface area contributed by atoms with Gasteiger partial charge in [0.05, 0.1) is 5.92 Å². The molecule has 76 valence electrons. The first-order valence-corrected chi connectivity index (χ1v) is 4.64. The molecule has 0 spiro atoms. The number of halogens is 1. The molecule has 0 radical (unpaired) electrons. The molecule has 0 aromatic carbocycles. The summed E-state index contributed by atoms with van der Waals surface area (Å²) in [7, 11) is 1.88. The predicted molar refractivity (Wildman–Crippen MR) is 52.1 cm³/mol. The van der Waals surface area contributed by atoms with Crippen LogP contribution < -0.4 is 5.32 Å². The first-order chi connectivity index (χ1) is 5.74. The maximum Gasteiger partial charge on any atom is 0.308 e. The van der Waals surface area contributed by atoms with Crippen LogP contribution in [0.5, 0.6) is 0 Å². The van der Waals surface area contributed by atoms with Gasteiger partial charge in [-0.05, 0) is 38.1 Å². The van der Waals surface area contributed by atoms with Crippen molar-refractivity contribution in [2.75, 3.05) is 7.05 Å². The third-order valence-electron chi connectivity index (χ3n) is 3.53. The van der Waals surface area contributed by atoms with Crippen LogP contribution >= 0.6 is 12.4 Å². The highest BCUT2D eigenvalue weighted by atomic mass is 35.5. The monoisotopic (exact) mass is 205 g/mol. The van der Waals surface area contributed by atoms with Gasteiger partial charge in [-0.1, -0.05) is 0 Å². The van der Waals surface area contributed by atoms with Crippen LogP contribution in [0.2, 0.25) is 0 Å². The summed E-state index contributed by atoms with van der Waals surface area (Å²) in [5.41, 5.74) is 0. The molecule has 0 amide bonds. The van der Waals surface area contributed by atoms with E-state index in [1.165, 1.54) is 6.42 Å². The summed E-state index contributed by atoms with van der Waals surface area (Å²) in [4.78, 5) is 10.9. The second-order valence-corrected chi connectivity index (χ2v) is 4.01. The van der Waals surface area contributed by atoms with Crippen molar-refractivity contribution in [3.63, 3.8) is 0 Å². The summed E-state index contributed by atoms with van der Waals surface area (Å²) in [5.74, 6) is 0.348. The molecule has 0 unspecified atom stereocenters. The molecule has 2 aliphatic rings. The lowest BCUT2D eigenvalue weighted by molar-refractivity contribution is -0.144. The summed E-state index contributed by atoms with van der Waals surface area (Å²) in [5, 5.41) is 12.1. The molecule has 0 aliphatic heterocycles. The van der Waals surface area contributed by atoms with Gasteiger partial charge in [0.1, 0.15) is 0 Å². The second-order valence-electron chi connectivity index (χ2n) is 4.01. The topological polar surface area (TPSA) is 49.3 Å². The molecule has 0 heterocycles. The standard InChI is InChI=1S/C9H15NO2.ClH/c1-10-8-6-3-2-5(4-6)7(8)9(11)12;/h5-8,10H,2-4H2,1H3,(H,11,12);1H/t5-,6+,7+,8-;/m1./s1. The van der Waals surface area contributed by atoms with Crippen LogP contribution in [-0.2, 0) is 4.79 Å². The van der Waals surface area contributed by atoms with E-state index in [0.29, 0.717) is 11.8 Å². The highest BCUT2D eigenvalue weighted by Gasteiger charge is 2.50. The molecule has 0 aromatic rings. The Morgan fingerprint density at radius 1 is 1.38 bits per heavy atom. The van der Waals surface area contributed by atoms with Crippen LogP contribution in [-0.4, -0.2) is 24.2 Å². The summed E-state index contributed by atoms with van der Waals surface area (Å²) in [6.07, 6.45) is 3.47. The van der Waals surface area contributed by atoms with Gasteiger partial charge in [0.15, 0.2) is 0 Å². The van der Waals surface area contributed by atoms with Gasteiger partial charge in [-0.25, -0.2) is 0 Å². The average Bonchev–Trinajstić information content (AvgIpc) is 2.60. The zero-order chi connectivity index (χ0) is 8.72. The number of carboxylic acids is 1. The lowest BCUT2D eigenvalue weighted by atomic mass is 9.84. The average molecular weight is 206 g/mol. The molecule has 4 heteroatoms. The van der Waals surface area contributed by atoms with E-state index in [4.69, 9.17) is 5.11 Å². The lowest BCUT2D eigenvalue weighted by Crippen LogP contribution is -2.42. The molecule has 2 saturated carbocycles. The maximum atomic E-state index is 10.9. The Kier molecular flexibility index (Phi) is 3.19. The Labute approximate surface area is 84.3 Å². The van der Waals surface area contributed by atoms with E-state index < -0.39 is 5.97 Å². The van der Waals surface area contributed by atoms with E-state index in [2.05, 4.69) is 5.32 Å². The quantitative estimate of drug-likeness (QED) is 0.711. The molecular weight excluding hydrogens is 190 g/mol. The summed E-state index contributed by atoms with van der Waals surface area (Å²) < 4.78 is 0. The third-order valence-corrected chi connectivity index (χ3v) is 3.53. The van der Waals surface area contributed by atoms with Crippen molar-refractivity contribution < 1.29 is 9.90 Å². The summed E-state index contributed by atoms with van der Waals surface area (Å²) in [6.45, 7) is 0. The number of rotatable bonds is 2. The van der Waals surface area contributed by atoms with Crippen LogP contribution in [0.15, 0.2) is 0 Å². The fourth-order valence-electron chi connectivity index (χ4n) is 3.06. The van der Waals surface area contributed by atoms with Crippen molar-refractivity contribution in [3.8, 4) is 0 Å². The van der Waals surface area contributed by atoms with E-state index in [9.17, 15) is 4.79 Å². The number of nitrogens with one attached hydrogen (secondary N) is 1.